The second kappa shape index (κ2) is 11.2. The van der Waals surface area contributed by atoms with Crippen LogP contribution in [0.5, 0.6) is 0 Å². The van der Waals surface area contributed by atoms with Gasteiger partial charge in [-0.05, 0) is 6.42 Å². The number of hydrogen-bond donors (Lipinski definition) is 0. The zero-order valence-corrected chi connectivity index (χ0v) is 9.37. The first kappa shape index (κ1) is 14.1. The fourth-order valence-electron chi connectivity index (χ4n) is 0.877. The van der Waals surface area contributed by atoms with Gasteiger partial charge in [-0.15, -0.1) is 6.58 Å². The number of hydrogen-bond acceptors (Lipinski definition) is 4. The standard InChI is InChI=1S/C11H20O4/c1-3-5-11(12)15-10-9-14-8-7-13-6-4-2/h4H,2-3,5-10H2,1H3. The number of esters is 1. The van der Waals surface area contributed by atoms with Crippen molar-refractivity contribution in [2.75, 3.05) is 33.0 Å². The third-order valence-corrected chi connectivity index (χ3v) is 1.55. The van der Waals surface area contributed by atoms with E-state index in [4.69, 9.17) is 14.2 Å². The molecular weight excluding hydrogens is 196 g/mol. The van der Waals surface area contributed by atoms with Gasteiger partial charge < -0.3 is 14.2 Å². The summed E-state index contributed by atoms with van der Waals surface area (Å²) < 4.78 is 15.2. The molecule has 0 saturated carbocycles. The number of carbonyl (C=O) groups excluding carboxylic acids is 1. The van der Waals surface area contributed by atoms with Crippen molar-refractivity contribution in [1.29, 1.82) is 0 Å². The molecule has 0 atom stereocenters. The van der Waals surface area contributed by atoms with Crippen LogP contribution in [0.1, 0.15) is 19.8 Å². The molecule has 0 aliphatic carbocycles. The largest absolute Gasteiger partial charge is 0.463 e. The van der Waals surface area contributed by atoms with E-state index in [2.05, 4.69) is 6.58 Å². The molecular formula is C11H20O4. The minimum atomic E-state index is -0.163. The van der Waals surface area contributed by atoms with Crippen LogP contribution in [0.2, 0.25) is 0 Å². The van der Waals surface area contributed by atoms with E-state index in [1.54, 1.807) is 6.08 Å². The van der Waals surface area contributed by atoms with Crippen LogP contribution in [0, 0.1) is 0 Å². The topological polar surface area (TPSA) is 44.8 Å². The van der Waals surface area contributed by atoms with Crippen molar-refractivity contribution < 1.29 is 19.0 Å². The summed E-state index contributed by atoms with van der Waals surface area (Å²) in [6.45, 7) is 7.79. The van der Waals surface area contributed by atoms with Gasteiger partial charge in [-0.3, -0.25) is 4.79 Å². The molecule has 0 radical (unpaired) electrons. The van der Waals surface area contributed by atoms with E-state index >= 15 is 0 Å². The molecule has 4 nitrogen and oxygen atoms in total. The average molecular weight is 216 g/mol. The van der Waals surface area contributed by atoms with E-state index in [9.17, 15) is 4.79 Å². The van der Waals surface area contributed by atoms with Gasteiger partial charge in [0.25, 0.3) is 0 Å². The normalized spacial score (nSPS) is 9.93. The van der Waals surface area contributed by atoms with E-state index in [1.807, 2.05) is 6.92 Å². The highest BCUT2D eigenvalue weighted by atomic mass is 16.6. The molecule has 0 aliphatic heterocycles. The molecule has 0 heterocycles. The number of carbonyl (C=O) groups is 1. The molecule has 4 heteroatoms. The van der Waals surface area contributed by atoms with Crippen LogP contribution >= 0.6 is 0 Å². The van der Waals surface area contributed by atoms with Gasteiger partial charge in [0.1, 0.15) is 6.61 Å². The second-order valence-corrected chi connectivity index (χ2v) is 2.95. The molecule has 0 unspecified atom stereocenters. The monoisotopic (exact) mass is 216 g/mol. The Morgan fingerprint density at radius 2 is 1.87 bits per heavy atom. The zero-order chi connectivity index (χ0) is 11.4. The first-order valence-corrected chi connectivity index (χ1v) is 5.23. The third kappa shape index (κ3) is 11.1. The van der Waals surface area contributed by atoms with Gasteiger partial charge in [0, 0.05) is 6.42 Å². The molecule has 0 rings (SSSR count). The summed E-state index contributed by atoms with van der Waals surface area (Å²) in [5, 5.41) is 0. The highest BCUT2D eigenvalue weighted by molar-refractivity contribution is 5.69. The highest BCUT2D eigenvalue weighted by Crippen LogP contribution is 1.90. The van der Waals surface area contributed by atoms with Crippen LogP contribution < -0.4 is 0 Å². The predicted molar refractivity (Wildman–Crippen MR) is 57.7 cm³/mol. The summed E-state index contributed by atoms with van der Waals surface area (Å²) in [5.41, 5.74) is 0. The lowest BCUT2D eigenvalue weighted by molar-refractivity contribution is -0.145. The van der Waals surface area contributed by atoms with Crippen LogP contribution in [0.25, 0.3) is 0 Å². The SMILES string of the molecule is C=CCOCCOCCOC(=O)CCC. The minimum absolute atomic E-state index is 0.163. The van der Waals surface area contributed by atoms with Gasteiger partial charge in [-0.25, -0.2) is 0 Å². The molecule has 0 amide bonds. The molecule has 0 spiro atoms. The molecule has 0 N–H and O–H groups in total. The van der Waals surface area contributed by atoms with Crippen LogP contribution in [0.15, 0.2) is 12.7 Å². The Bertz CT molecular complexity index is 168. The van der Waals surface area contributed by atoms with Gasteiger partial charge >= 0.3 is 5.97 Å². The minimum Gasteiger partial charge on any atom is -0.463 e. The van der Waals surface area contributed by atoms with Crippen molar-refractivity contribution >= 4 is 5.97 Å². The zero-order valence-electron chi connectivity index (χ0n) is 9.37. The quantitative estimate of drug-likeness (QED) is 0.316. The van der Waals surface area contributed by atoms with Gasteiger partial charge in [-0.2, -0.15) is 0 Å². The summed E-state index contributed by atoms with van der Waals surface area (Å²) in [4.78, 5) is 10.9. The predicted octanol–water partition coefficient (Wildman–Crippen LogP) is 1.55. The Labute approximate surface area is 91.2 Å². The Balaban J connectivity index is 3.04. The Morgan fingerprint density at radius 3 is 2.53 bits per heavy atom. The Kier molecular flexibility index (Phi) is 10.6. The Hall–Kier alpha value is -0.870. The van der Waals surface area contributed by atoms with Crippen LogP contribution in [-0.2, 0) is 19.0 Å². The molecule has 0 bridgehead atoms. The van der Waals surface area contributed by atoms with Gasteiger partial charge in [0.2, 0.25) is 0 Å². The van der Waals surface area contributed by atoms with E-state index < -0.39 is 0 Å². The molecule has 0 aromatic rings. The molecule has 0 aliphatic rings. The molecule has 0 aromatic carbocycles. The Morgan fingerprint density at radius 1 is 1.20 bits per heavy atom. The maximum atomic E-state index is 10.9. The molecule has 0 fully saturated rings. The molecule has 88 valence electrons. The fourth-order valence-corrected chi connectivity index (χ4v) is 0.877. The van der Waals surface area contributed by atoms with Gasteiger partial charge in [0.05, 0.1) is 26.4 Å². The van der Waals surface area contributed by atoms with Crippen LogP contribution in [0.4, 0.5) is 0 Å². The lowest BCUT2D eigenvalue weighted by atomic mass is 10.3. The smallest absolute Gasteiger partial charge is 0.305 e. The summed E-state index contributed by atoms with van der Waals surface area (Å²) >= 11 is 0. The number of ether oxygens (including phenoxy) is 3. The lowest BCUT2D eigenvalue weighted by Gasteiger charge is -2.05. The highest BCUT2D eigenvalue weighted by Gasteiger charge is 1.99. The maximum Gasteiger partial charge on any atom is 0.305 e. The van der Waals surface area contributed by atoms with E-state index in [0.717, 1.165) is 6.42 Å². The maximum absolute atomic E-state index is 10.9. The third-order valence-electron chi connectivity index (χ3n) is 1.55. The van der Waals surface area contributed by atoms with Gasteiger partial charge in [0.15, 0.2) is 0 Å². The van der Waals surface area contributed by atoms with E-state index in [-0.39, 0.29) is 5.97 Å². The van der Waals surface area contributed by atoms with Crippen molar-refractivity contribution in [2.45, 2.75) is 19.8 Å². The fraction of sp³-hybridized carbons (Fsp3) is 0.727. The summed E-state index contributed by atoms with van der Waals surface area (Å²) in [6.07, 6.45) is 2.98. The number of rotatable bonds is 10. The summed E-state index contributed by atoms with van der Waals surface area (Å²) in [7, 11) is 0. The van der Waals surface area contributed by atoms with Crippen molar-refractivity contribution in [3.8, 4) is 0 Å². The van der Waals surface area contributed by atoms with Gasteiger partial charge in [-0.1, -0.05) is 13.0 Å². The van der Waals surface area contributed by atoms with Crippen LogP contribution in [0.3, 0.4) is 0 Å². The average Bonchev–Trinajstić information content (AvgIpc) is 2.22. The van der Waals surface area contributed by atoms with E-state index in [1.165, 1.54) is 0 Å². The second-order valence-electron chi connectivity index (χ2n) is 2.95. The van der Waals surface area contributed by atoms with Crippen LogP contribution in [-0.4, -0.2) is 39.0 Å². The van der Waals surface area contributed by atoms with E-state index in [0.29, 0.717) is 39.5 Å². The lowest BCUT2D eigenvalue weighted by Crippen LogP contribution is -2.12. The summed E-state index contributed by atoms with van der Waals surface area (Å²) in [6, 6.07) is 0. The van der Waals surface area contributed by atoms with Crippen molar-refractivity contribution in [3.63, 3.8) is 0 Å². The molecule has 15 heavy (non-hydrogen) atoms. The van der Waals surface area contributed by atoms with Crippen molar-refractivity contribution in [2.24, 2.45) is 0 Å². The van der Waals surface area contributed by atoms with Crippen molar-refractivity contribution in [3.05, 3.63) is 12.7 Å². The summed E-state index contributed by atoms with van der Waals surface area (Å²) in [5.74, 6) is -0.163. The first-order chi connectivity index (χ1) is 7.31. The molecule has 0 aromatic heterocycles. The molecule has 0 saturated heterocycles. The van der Waals surface area contributed by atoms with Crippen molar-refractivity contribution in [1.82, 2.24) is 0 Å². The first-order valence-electron chi connectivity index (χ1n) is 5.23.